The quantitative estimate of drug-likeness (QED) is 0.0354. The van der Waals surface area contributed by atoms with E-state index < -0.39 is 70.9 Å². The molecule has 6 amide bonds. The van der Waals surface area contributed by atoms with Crippen molar-refractivity contribution in [3.05, 3.63) is 0 Å². The van der Waals surface area contributed by atoms with Crippen molar-refractivity contribution in [2.75, 3.05) is 51.8 Å². The summed E-state index contributed by atoms with van der Waals surface area (Å²) >= 11 is 0. The van der Waals surface area contributed by atoms with E-state index in [9.17, 15) is 42.0 Å². The molecule has 0 bridgehead atoms. The molecular weight excluding hydrogens is 508 g/mol. The average molecular weight is 539 g/mol. The van der Waals surface area contributed by atoms with Gasteiger partial charge < -0.3 is 41.4 Å². The van der Waals surface area contributed by atoms with Gasteiger partial charge in [0.2, 0.25) is 35.4 Å². The Labute approximate surface area is 206 Å². The minimum atomic E-state index is -4.18. The van der Waals surface area contributed by atoms with Crippen molar-refractivity contribution >= 4 is 51.8 Å². The molecule has 0 aromatic heterocycles. The molecule has 36 heavy (non-hydrogen) atoms. The third kappa shape index (κ3) is 20.9. The van der Waals surface area contributed by atoms with Gasteiger partial charge in [-0.05, 0) is 6.42 Å². The van der Waals surface area contributed by atoms with Crippen molar-refractivity contribution in [2.45, 2.75) is 19.3 Å². The average Bonchev–Trinajstić information content (AvgIpc) is 2.80. The van der Waals surface area contributed by atoms with E-state index in [0.717, 1.165) is 0 Å². The van der Waals surface area contributed by atoms with Crippen LogP contribution in [0.5, 0.6) is 0 Å². The maximum absolute atomic E-state index is 11.7. The topological polar surface area (TPSA) is 255 Å². The van der Waals surface area contributed by atoms with Crippen molar-refractivity contribution in [3.8, 4) is 0 Å². The molecule has 0 aliphatic heterocycles. The third-order valence-corrected chi connectivity index (χ3v) is 4.55. The van der Waals surface area contributed by atoms with Gasteiger partial charge in [0.15, 0.2) is 0 Å². The van der Waals surface area contributed by atoms with E-state index in [0.29, 0.717) is 6.29 Å². The Bertz CT molecular complexity index is 894. The summed E-state index contributed by atoms with van der Waals surface area (Å²) in [5.74, 6) is -4.29. The summed E-state index contributed by atoms with van der Waals surface area (Å²) in [5.41, 5.74) is 0. The highest BCUT2D eigenvalue weighted by Gasteiger charge is 2.11. The fraction of sp³-hybridized carbons (Fsp3) is 0.611. The van der Waals surface area contributed by atoms with Crippen LogP contribution in [0.2, 0.25) is 0 Å². The van der Waals surface area contributed by atoms with Gasteiger partial charge >= 0.3 is 0 Å². The van der Waals surface area contributed by atoms with E-state index in [4.69, 9.17) is 9.29 Å². The molecule has 7 N–H and O–H groups in total. The predicted molar refractivity (Wildman–Crippen MR) is 120 cm³/mol. The molecule has 0 saturated carbocycles. The van der Waals surface area contributed by atoms with Crippen molar-refractivity contribution in [1.29, 1.82) is 0 Å². The maximum Gasteiger partial charge on any atom is 0.266 e. The van der Waals surface area contributed by atoms with E-state index in [-0.39, 0.29) is 45.7 Å². The number of amides is 6. The van der Waals surface area contributed by atoms with Crippen molar-refractivity contribution in [1.82, 2.24) is 31.9 Å². The first kappa shape index (κ1) is 32.4. The molecule has 0 atom stereocenters. The Kier molecular flexibility index (Phi) is 16.8. The summed E-state index contributed by atoms with van der Waals surface area (Å²) in [6, 6.07) is 0. The Morgan fingerprint density at radius 3 is 1.53 bits per heavy atom. The normalized spacial score (nSPS) is 10.5. The van der Waals surface area contributed by atoms with Crippen LogP contribution in [-0.2, 0) is 48.4 Å². The summed E-state index contributed by atoms with van der Waals surface area (Å²) in [6.45, 7) is -2.40. The van der Waals surface area contributed by atoms with Crippen LogP contribution in [0.25, 0.3) is 0 Å². The fourth-order valence-electron chi connectivity index (χ4n) is 2.11. The van der Waals surface area contributed by atoms with Gasteiger partial charge in [-0.25, -0.2) is 0 Å². The van der Waals surface area contributed by atoms with Gasteiger partial charge in [0, 0.05) is 19.4 Å². The molecule has 0 spiro atoms. The van der Waals surface area contributed by atoms with Gasteiger partial charge in [0.25, 0.3) is 10.1 Å². The van der Waals surface area contributed by atoms with Gasteiger partial charge in [0.1, 0.15) is 19.6 Å². The van der Waals surface area contributed by atoms with Crippen LogP contribution >= 0.6 is 0 Å². The number of nitrogens with one attached hydrogen (secondary N) is 6. The zero-order valence-electron chi connectivity index (χ0n) is 19.3. The first-order chi connectivity index (χ1) is 16.9. The molecule has 204 valence electrons. The van der Waals surface area contributed by atoms with Crippen LogP contribution in [-0.4, -0.2) is 107 Å². The van der Waals surface area contributed by atoms with Crippen molar-refractivity contribution in [3.63, 3.8) is 0 Å². The zero-order chi connectivity index (χ0) is 27.4. The number of hydrogen-bond acceptors (Lipinski definition) is 10. The van der Waals surface area contributed by atoms with Crippen LogP contribution in [0.4, 0.5) is 0 Å². The van der Waals surface area contributed by atoms with E-state index >= 15 is 0 Å². The fourth-order valence-corrected chi connectivity index (χ4v) is 2.47. The highest BCUT2D eigenvalue weighted by Crippen LogP contribution is 1.95. The molecule has 0 aliphatic carbocycles. The Morgan fingerprint density at radius 1 is 0.667 bits per heavy atom. The van der Waals surface area contributed by atoms with Crippen molar-refractivity contribution in [2.24, 2.45) is 0 Å². The van der Waals surface area contributed by atoms with E-state index in [1.165, 1.54) is 0 Å². The lowest BCUT2D eigenvalue weighted by Gasteiger charge is -2.09. The zero-order valence-corrected chi connectivity index (χ0v) is 20.1. The summed E-state index contributed by atoms with van der Waals surface area (Å²) in [6.07, 6.45) is 0.480. The monoisotopic (exact) mass is 538 g/mol. The minimum absolute atomic E-state index is 0.0701. The molecule has 0 aliphatic rings. The van der Waals surface area contributed by atoms with E-state index in [1.807, 2.05) is 0 Å². The molecule has 0 heterocycles. The minimum Gasteiger partial charge on any atom is -0.355 e. The van der Waals surface area contributed by atoms with E-state index in [2.05, 4.69) is 31.9 Å². The second-order valence-corrected chi connectivity index (χ2v) is 8.45. The second-order valence-electron chi connectivity index (χ2n) is 6.88. The number of carbonyl (C=O) groups is 7. The first-order valence-electron chi connectivity index (χ1n) is 10.5. The van der Waals surface area contributed by atoms with Crippen LogP contribution in [0.1, 0.15) is 19.3 Å². The summed E-state index contributed by atoms with van der Waals surface area (Å²) < 4.78 is 34.3. The molecule has 0 radical (unpaired) electrons. The Balaban J connectivity index is 3.85. The van der Waals surface area contributed by atoms with Crippen LogP contribution in [0.3, 0.4) is 0 Å². The van der Waals surface area contributed by atoms with Gasteiger partial charge in [-0.2, -0.15) is 8.42 Å². The molecule has 17 nitrogen and oxygen atoms in total. The number of hydrogen-bond donors (Lipinski definition) is 7. The maximum atomic E-state index is 11.7. The van der Waals surface area contributed by atoms with Crippen LogP contribution < -0.4 is 31.9 Å². The molecule has 0 unspecified atom stereocenters. The van der Waals surface area contributed by atoms with Crippen LogP contribution in [0.15, 0.2) is 0 Å². The highest BCUT2D eigenvalue weighted by molar-refractivity contribution is 7.85. The Morgan fingerprint density at radius 2 is 1.08 bits per heavy atom. The molecule has 0 rings (SSSR count). The molecule has 0 aromatic carbocycles. The largest absolute Gasteiger partial charge is 0.355 e. The lowest BCUT2D eigenvalue weighted by molar-refractivity contribution is -0.129. The number of carbonyl (C=O) groups excluding carboxylic acids is 7. The molecular formula is C18H30N6O11S. The number of rotatable bonds is 19. The molecule has 18 heteroatoms. The molecule has 0 fully saturated rings. The lowest BCUT2D eigenvalue weighted by Crippen LogP contribution is -2.45. The van der Waals surface area contributed by atoms with Crippen molar-refractivity contribution < 1.29 is 51.3 Å². The van der Waals surface area contributed by atoms with Crippen LogP contribution in [0, 0.1) is 0 Å². The van der Waals surface area contributed by atoms with E-state index in [1.54, 1.807) is 0 Å². The number of aldehydes is 1. The number of ether oxygens (including phenoxy) is 1. The standard InChI is InChI=1S/C18H30N6O11S/c25-5-6-35-12-24-18(31)11-23-17(30)10-22-16(29)9-21-15(28)8-20-14(27)3-1-2-13(26)19-4-7-36(32,33)34/h5H,1-4,6-12H2,(H,19,26)(H,20,27)(H,21,28)(H,22,29)(H,23,30)(H,24,31)(H,32,33,34). The molecule has 0 saturated heterocycles. The molecule has 0 aromatic rings. The summed E-state index contributed by atoms with van der Waals surface area (Å²) in [5, 5.41) is 13.5. The van der Waals surface area contributed by atoms with Gasteiger partial charge in [-0.15, -0.1) is 0 Å². The predicted octanol–water partition coefficient (Wildman–Crippen LogP) is -5.09. The SMILES string of the molecule is O=CCOCNC(=O)CNC(=O)CNC(=O)CNC(=O)CNC(=O)CCCC(=O)NCCS(=O)(=O)O. The third-order valence-electron chi connectivity index (χ3n) is 3.83. The van der Waals surface area contributed by atoms with Gasteiger partial charge in [0.05, 0.1) is 31.9 Å². The van der Waals surface area contributed by atoms with Gasteiger partial charge in [-0.1, -0.05) is 0 Å². The second kappa shape index (κ2) is 18.7. The first-order valence-corrected chi connectivity index (χ1v) is 12.1. The lowest BCUT2D eigenvalue weighted by atomic mass is 10.2. The van der Waals surface area contributed by atoms with Gasteiger partial charge in [-0.3, -0.25) is 33.3 Å². The highest BCUT2D eigenvalue weighted by atomic mass is 32.2. The summed E-state index contributed by atoms with van der Waals surface area (Å²) in [4.78, 5) is 79.5. The Hall–Kier alpha value is -3.64. The smallest absolute Gasteiger partial charge is 0.266 e. The summed E-state index contributed by atoms with van der Waals surface area (Å²) in [7, 11) is -4.18.